The number of nitrogens with one attached hydrogen (secondary N) is 7. The first-order valence-corrected chi connectivity index (χ1v) is 21.9. The number of hydrogen-bond acceptors (Lipinski definition) is 15. The summed E-state index contributed by atoms with van der Waals surface area (Å²) in [6.45, 7) is 3.40. The number of carbonyl (C=O) groups excluding carboxylic acids is 7. The van der Waals surface area contributed by atoms with E-state index in [0.717, 1.165) is 18.7 Å². The Kier molecular flexibility index (Phi) is 23.3. The standard InChI is InChI=1S/C40H58N8O17S/c1-4-19(2)32-39(62)44-25(10-12-30(53)54)36(59)48-33(20(3)49)38(61)42-17-28(50)43-24(9-11-29(51)52)35(58)46-27(40(63)64)18-66-14-13-65-22-7-5-21(6-8-22)15-23(41)34(57)45-26(16-31(55)56)37(60)47-32/h5-8,19-20,23-27,32-33,49H,4,9-18,41H2,1-3H3,(H,42,61)(H,43,50)(H,44,62)(H,45,57)(H,46,58)(H,47,60)(H,48,59)(H,51,52)(H,53,54)(H,55,56)(H,63,64)/t19-,20+,23-,24-,25-,26-,27+,32-,33-/m0/s1. The van der Waals surface area contributed by atoms with Gasteiger partial charge < -0.3 is 73.2 Å². The monoisotopic (exact) mass is 954 g/mol. The Morgan fingerprint density at radius 3 is 1.80 bits per heavy atom. The summed E-state index contributed by atoms with van der Waals surface area (Å²) in [5, 5.41) is 64.3. The fourth-order valence-electron chi connectivity index (χ4n) is 6.07. The van der Waals surface area contributed by atoms with Gasteiger partial charge in [0.05, 0.1) is 31.7 Å². The van der Waals surface area contributed by atoms with E-state index in [2.05, 4.69) is 37.2 Å². The summed E-state index contributed by atoms with van der Waals surface area (Å²) >= 11 is 1.08. The van der Waals surface area contributed by atoms with Gasteiger partial charge in [0.15, 0.2) is 0 Å². The average molecular weight is 955 g/mol. The lowest BCUT2D eigenvalue weighted by Crippen LogP contribution is -2.61. The number of nitrogens with two attached hydrogens (primary N) is 1. The van der Waals surface area contributed by atoms with Crippen LogP contribution in [0.3, 0.4) is 0 Å². The highest BCUT2D eigenvalue weighted by Crippen LogP contribution is 2.16. The highest BCUT2D eigenvalue weighted by Gasteiger charge is 2.36. The number of rotatable bonds is 12. The minimum Gasteiger partial charge on any atom is -0.493 e. The van der Waals surface area contributed by atoms with E-state index in [1.54, 1.807) is 31.2 Å². The van der Waals surface area contributed by atoms with Crippen LogP contribution in [0.4, 0.5) is 0 Å². The molecular weight excluding hydrogens is 897 g/mol. The number of hydrogen-bond donors (Lipinski definition) is 13. The Balaban J connectivity index is 2.52. The van der Waals surface area contributed by atoms with Crippen LogP contribution in [0.15, 0.2) is 24.3 Å². The van der Waals surface area contributed by atoms with Gasteiger partial charge in [0.1, 0.15) is 42.0 Å². The van der Waals surface area contributed by atoms with Gasteiger partial charge in [0.25, 0.3) is 0 Å². The van der Waals surface area contributed by atoms with E-state index < -0.39 is 158 Å². The van der Waals surface area contributed by atoms with Crippen LogP contribution in [0.1, 0.15) is 64.9 Å². The van der Waals surface area contributed by atoms with Crippen molar-refractivity contribution in [1.82, 2.24) is 37.2 Å². The SMILES string of the molecule is CC[C@H](C)[C@@H]1NC(=O)[C@H](CC(=O)O)NC(=O)[C@@H](N)Cc2ccc(cc2)OCCSC[C@H](C(=O)O)NC(=O)[C@H](CCC(=O)O)NC(=O)CNC(=O)[C@H]([C@@H](C)O)NC(=O)[C@H](CCC(=O)O)NC1=O. The number of carboxylic acids is 4. The predicted molar refractivity (Wildman–Crippen MR) is 230 cm³/mol. The third-order valence-corrected chi connectivity index (χ3v) is 11.0. The summed E-state index contributed by atoms with van der Waals surface area (Å²) in [6.07, 6.45) is -4.91. The van der Waals surface area contributed by atoms with Gasteiger partial charge in [-0.15, -0.1) is 0 Å². The van der Waals surface area contributed by atoms with Crippen molar-refractivity contribution in [2.45, 2.75) is 114 Å². The Morgan fingerprint density at radius 2 is 1.26 bits per heavy atom. The molecule has 26 heteroatoms. The molecular formula is C40H58N8O17S. The molecule has 0 spiro atoms. The number of amides is 7. The van der Waals surface area contributed by atoms with Crippen LogP contribution >= 0.6 is 11.8 Å². The maximum absolute atomic E-state index is 13.8. The molecule has 0 unspecified atom stereocenters. The van der Waals surface area contributed by atoms with Crippen molar-refractivity contribution in [3.8, 4) is 5.75 Å². The van der Waals surface area contributed by atoms with E-state index in [1.165, 1.54) is 6.92 Å². The first kappa shape index (κ1) is 55.6. The van der Waals surface area contributed by atoms with Gasteiger partial charge in [-0.05, 0) is 49.8 Å². The van der Waals surface area contributed by atoms with Crippen molar-refractivity contribution in [3.63, 3.8) is 0 Å². The second-order valence-corrected chi connectivity index (χ2v) is 16.4. The van der Waals surface area contributed by atoms with Crippen molar-refractivity contribution in [1.29, 1.82) is 0 Å². The molecule has 2 bridgehead atoms. The van der Waals surface area contributed by atoms with Crippen molar-refractivity contribution < 1.29 is 83.0 Å². The summed E-state index contributed by atoms with van der Waals surface area (Å²) in [6, 6.07) is -4.95. The molecule has 1 aromatic carbocycles. The highest BCUT2D eigenvalue weighted by molar-refractivity contribution is 7.99. The lowest BCUT2D eigenvalue weighted by molar-refractivity contribution is -0.142. The number of carboxylic acid groups (broad SMARTS) is 4. The van der Waals surface area contributed by atoms with E-state index in [0.29, 0.717) is 11.3 Å². The van der Waals surface area contributed by atoms with Gasteiger partial charge >= 0.3 is 23.9 Å². The third kappa shape index (κ3) is 19.7. The first-order chi connectivity index (χ1) is 31.0. The molecule has 14 N–H and O–H groups in total. The zero-order valence-electron chi connectivity index (χ0n) is 36.4. The lowest BCUT2D eigenvalue weighted by atomic mass is 9.96. The highest BCUT2D eigenvalue weighted by atomic mass is 32.2. The number of fused-ring (bicyclic) bond motifs is 29. The number of aliphatic hydroxyl groups excluding tert-OH is 1. The molecule has 3 rings (SSSR count). The molecule has 66 heavy (non-hydrogen) atoms. The van der Waals surface area contributed by atoms with Crippen molar-refractivity contribution in [3.05, 3.63) is 29.8 Å². The summed E-state index contributed by atoms with van der Waals surface area (Å²) in [5.74, 6) is -13.6. The van der Waals surface area contributed by atoms with Gasteiger partial charge in [-0.3, -0.25) is 47.9 Å². The molecule has 2 aliphatic rings. The topological polar surface area (TPSA) is 408 Å². The van der Waals surface area contributed by atoms with E-state index in [4.69, 9.17) is 10.5 Å². The molecule has 7 amide bonds. The molecule has 0 aromatic heterocycles. The molecule has 2 aliphatic heterocycles. The van der Waals surface area contributed by atoms with Gasteiger partial charge in [0.2, 0.25) is 41.4 Å². The van der Waals surface area contributed by atoms with Gasteiger partial charge in [0, 0.05) is 24.3 Å². The Morgan fingerprint density at radius 1 is 0.712 bits per heavy atom. The fourth-order valence-corrected chi connectivity index (χ4v) is 6.90. The summed E-state index contributed by atoms with van der Waals surface area (Å²) in [7, 11) is 0. The predicted octanol–water partition coefficient (Wildman–Crippen LogP) is -3.58. The molecule has 0 radical (unpaired) electrons. The van der Waals surface area contributed by atoms with Crippen LogP contribution in [-0.2, 0) is 59.2 Å². The molecule has 1 aromatic rings. The quantitative estimate of drug-likeness (QED) is 0.0901. The van der Waals surface area contributed by atoms with E-state index in [-0.39, 0.29) is 31.0 Å². The van der Waals surface area contributed by atoms with Gasteiger partial charge in [-0.25, -0.2) is 4.79 Å². The van der Waals surface area contributed by atoms with Crippen LogP contribution in [-0.4, -0.2) is 164 Å². The lowest BCUT2D eigenvalue weighted by Gasteiger charge is -2.29. The molecule has 25 nitrogen and oxygen atoms in total. The molecule has 0 saturated heterocycles. The van der Waals surface area contributed by atoms with Gasteiger partial charge in [-0.2, -0.15) is 11.8 Å². The summed E-state index contributed by atoms with van der Waals surface area (Å²) in [4.78, 5) is 140. The summed E-state index contributed by atoms with van der Waals surface area (Å²) < 4.78 is 5.70. The van der Waals surface area contributed by atoms with Crippen molar-refractivity contribution in [2.75, 3.05) is 24.7 Å². The van der Waals surface area contributed by atoms with Crippen LogP contribution in [0.5, 0.6) is 5.75 Å². The minimum atomic E-state index is -1.86. The molecule has 0 fully saturated rings. The minimum absolute atomic E-state index is 0.0761. The van der Waals surface area contributed by atoms with Crippen molar-refractivity contribution in [2.24, 2.45) is 11.7 Å². The molecule has 2 heterocycles. The second kappa shape index (κ2) is 27.7. The van der Waals surface area contributed by atoms with Crippen LogP contribution < -0.4 is 47.7 Å². The van der Waals surface area contributed by atoms with Crippen LogP contribution in [0.25, 0.3) is 0 Å². The number of carbonyl (C=O) groups is 11. The van der Waals surface area contributed by atoms with Crippen LogP contribution in [0.2, 0.25) is 0 Å². The third-order valence-electron chi connectivity index (χ3n) is 9.98. The average Bonchev–Trinajstić information content (AvgIpc) is 3.24. The Bertz CT molecular complexity index is 1920. The Hall–Kier alpha value is -6.54. The molecule has 9 atom stereocenters. The maximum Gasteiger partial charge on any atom is 0.327 e. The van der Waals surface area contributed by atoms with E-state index in [1.807, 2.05) is 0 Å². The van der Waals surface area contributed by atoms with Crippen molar-refractivity contribution >= 4 is 77.0 Å². The van der Waals surface area contributed by atoms with Gasteiger partial charge in [-0.1, -0.05) is 32.4 Å². The number of benzene rings is 1. The molecule has 0 saturated carbocycles. The second-order valence-electron chi connectivity index (χ2n) is 15.3. The van der Waals surface area contributed by atoms with Crippen LogP contribution in [0, 0.1) is 5.92 Å². The smallest absolute Gasteiger partial charge is 0.327 e. The molecule has 0 aliphatic carbocycles. The number of aliphatic carboxylic acids is 4. The Labute approximate surface area is 382 Å². The summed E-state index contributed by atoms with van der Waals surface area (Å²) in [5.41, 5.74) is 6.67. The zero-order chi connectivity index (χ0) is 49.7. The fraction of sp³-hybridized carbons (Fsp3) is 0.575. The van der Waals surface area contributed by atoms with E-state index in [9.17, 15) is 78.3 Å². The van der Waals surface area contributed by atoms with E-state index >= 15 is 0 Å². The molecule has 366 valence electrons. The number of thioether (sulfide) groups is 1. The number of ether oxygens (including phenoxy) is 1. The normalized spacial score (nSPS) is 24.9. The first-order valence-electron chi connectivity index (χ1n) is 20.7. The number of aliphatic hydroxyl groups is 1. The zero-order valence-corrected chi connectivity index (χ0v) is 37.2. The maximum atomic E-state index is 13.8. The largest absolute Gasteiger partial charge is 0.493 e.